The van der Waals surface area contributed by atoms with Gasteiger partial charge in [0, 0.05) is 25.5 Å². The third-order valence-corrected chi connectivity index (χ3v) is 2.53. The zero-order chi connectivity index (χ0) is 12.1. The number of hydrogen-bond donors (Lipinski definition) is 1. The SMILES string of the molecule is CCn1ccnc1Oc1ccc(CNC)cc1. The molecule has 1 aromatic carbocycles. The number of benzene rings is 1. The highest BCUT2D eigenvalue weighted by Crippen LogP contribution is 2.19. The fourth-order valence-corrected chi connectivity index (χ4v) is 1.63. The molecule has 0 saturated heterocycles. The first-order valence-corrected chi connectivity index (χ1v) is 5.76. The molecule has 0 unspecified atom stereocenters. The summed E-state index contributed by atoms with van der Waals surface area (Å²) < 4.78 is 7.66. The first kappa shape index (κ1) is 11.7. The van der Waals surface area contributed by atoms with Crippen molar-refractivity contribution in [2.75, 3.05) is 7.05 Å². The molecule has 0 saturated carbocycles. The Morgan fingerprint density at radius 1 is 1.29 bits per heavy atom. The summed E-state index contributed by atoms with van der Waals surface area (Å²) >= 11 is 0. The zero-order valence-corrected chi connectivity index (χ0v) is 10.2. The molecule has 0 aliphatic heterocycles. The van der Waals surface area contributed by atoms with E-state index in [2.05, 4.69) is 17.2 Å². The molecule has 0 bridgehead atoms. The van der Waals surface area contributed by atoms with Crippen molar-refractivity contribution < 1.29 is 4.74 Å². The van der Waals surface area contributed by atoms with Gasteiger partial charge in [0.05, 0.1) is 0 Å². The summed E-state index contributed by atoms with van der Waals surface area (Å²) in [6.45, 7) is 3.78. The number of aromatic nitrogens is 2. The quantitative estimate of drug-likeness (QED) is 0.859. The standard InChI is InChI=1S/C13H17N3O/c1-3-16-9-8-15-13(16)17-12-6-4-11(5-7-12)10-14-2/h4-9,14H,3,10H2,1-2H3. The molecule has 17 heavy (non-hydrogen) atoms. The number of nitrogens with one attached hydrogen (secondary N) is 1. The Morgan fingerprint density at radius 2 is 2.06 bits per heavy atom. The van der Waals surface area contributed by atoms with Crippen LogP contribution in [0.3, 0.4) is 0 Å². The molecule has 1 aromatic heterocycles. The van der Waals surface area contributed by atoms with Gasteiger partial charge in [0.1, 0.15) is 5.75 Å². The van der Waals surface area contributed by atoms with Gasteiger partial charge in [-0.05, 0) is 31.7 Å². The molecule has 0 radical (unpaired) electrons. The van der Waals surface area contributed by atoms with Crippen LogP contribution in [0.5, 0.6) is 11.8 Å². The van der Waals surface area contributed by atoms with Crippen LogP contribution in [0.1, 0.15) is 12.5 Å². The van der Waals surface area contributed by atoms with Crippen molar-refractivity contribution in [3.8, 4) is 11.8 Å². The molecule has 2 rings (SSSR count). The molecule has 0 aliphatic rings. The Bertz CT molecular complexity index is 462. The van der Waals surface area contributed by atoms with Crippen LogP contribution < -0.4 is 10.1 Å². The Kier molecular flexibility index (Phi) is 3.77. The van der Waals surface area contributed by atoms with Crippen LogP contribution in [0, 0.1) is 0 Å². The molecule has 90 valence electrons. The average Bonchev–Trinajstić information content (AvgIpc) is 2.79. The molecule has 0 spiro atoms. The van der Waals surface area contributed by atoms with E-state index in [9.17, 15) is 0 Å². The van der Waals surface area contributed by atoms with E-state index in [4.69, 9.17) is 4.74 Å². The fourth-order valence-electron chi connectivity index (χ4n) is 1.63. The van der Waals surface area contributed by atoms with Gasteiger partial charge in [-0.3, -0.25) is 0 Å². The summed E-state index contributed by atoms with van der Waals surface area (Å²) in [5.41, 5.74) is 1.23. The van der Waals surface area contributed by atoms with Crippen LogP contribution in [0.2, 0.25) is 0 Å². The van der Waals surface area contributed by atoms with Crippen LogP contribution in [-0.2, 0) is 13.1 Å². The normalized spacial score (nSPS) is 10.5. The van der Waals surface area contributed by atoms with Gasteiger partial charge in [-0.25, -0.2) is 4.98 Å². The highest BCUT2D eigenvalue weighted by molar-refractivity contribution is 5.29. The van der Waals surface area contributed by atoms with E-state index in [1.54, 1.807) is 6.20 Å². The third kappa shape index (κ3) is 2.85. The van der Waals surface area contributed by atoms with Gasteiger partial charge in [0.2, 0.25) is 0 Å². The molecular weight excluding hydrogens is 214 g/mol. The Labute approximate surface area is 101 Å². The molecule has 0 atom stereocenters. The number of rotatable bonds is 5. The molecule has 2 aromatic rings. The van der Waals surface area contributed by atoms with E-state index in [-0.39, 0.29) is 0 Å². The Balaban J connectivity index is 2.08. The van der Waals surface area contributed by atoms with E-state index < -0.39 is 0 Å². The van der Waals surface area contributed by atoms with Gasteiger partial charge in [0.15, 0.2) is 0 Å². The van der Waals surface area contributed by atoms with Crippen molar-refractivity contribution in [1.29, 1.82) is 0 Å². The summed E-state index contributed by atoms with van der Waals surface area (Å²) in [5, 5.41) is 3.11. The lowest BCUT2D eigenvalue weighted by Gasteiger charge is -2.07. The molecule has 4 heteroatoms. The lowest BCUT2D eigenvalue weighted by atomic mass is 10.2. The highest BCUT2D eigenvalue weighted by Gasteiger charge is 2.03. The molecule has 1 N–H and O–H groups in total. The average molecular weight is 231 g/mol. The number of imidazole rings is 1. The van der Waals surface area contributed by atoms with Crippen molar-refractivity contribution in [3.63, 3.8) is 0 Å². The molecule has 0 amide bonds. The minimum absolute atomic E-state index is 0.633. The van der Waals surface area contributed by atoms with E-state index in [0.29, 0.717) is 6.01 Å². The second kappa shape index (κ2) is 5.50. The smallest absolute Gasteiger partial charge is 0.301 e. The molecule has 1 heterocycles. The largest absolute Gasteiger partial charge is 0.426 e. The summed E-state index contributed by atoms with van der Waals surface area (Å²) in [4.78, 5) is 4.17. The summed E-state index contributed by atoms with van der Waals surface area (Å²) in [6.07, 6.45) is 3.65. The number of ether oxygens (including phenoxy) is 1. The van der Waals surface area contributed by atoms with Crippen LogP contribution in [0.4, 0.5) is 0 Å². The lowest BCUT2D eigenvalue weighted by Crippen LogP contribution is -2.04. The van der Waals surface area contributed by atoms with Gasteiger partial charge in [-0.2, -0.15) is 0 Å². The van der Waals surface area contributed by atoms with E-state index in [1.807, 2.05) is 42.1 Å². The second-order valence-corrected chi connectivity index (χ2v) is 3.77. The summed E-state index contributed by atoms with van der Waals surface area (Å²) in [6, 6.07) is 8.65. The maximum absolute atomic E-state index is 5.70. The molecule has 0 aliphatic carbocycles. The van der Waals surface area contributed by atoms with E-state index in [1.165, 1.54) is 5.56 Å². The maximum atomic E-state index is 5.70. The monoisotopic (exact) mass is 231 g/mol. The third-order valence-electron chi connectivity index (χ3n) is 2.53. The number of hydrogen-bond acceptors (Lipinski definition) is 3. The lowest BCUT2D eigenvalue weighted by molar-refractivity contribution is 0.415. The van der Waals surface area contributed by atoms with E-state index in [0.717, 1.165) is 18.8 Å². The van der Waals surface area contributed by atoms with Gasteiger partial charge >= 0.3 is 6.01 Å². The fraction of sp³-hybridized carbons (Fsp3) is 0.308. The van der Waals surface area contributed by atoms with Crippen LogP contribution in [0.15, 0.2) is 36.7 Å². The van der Waals surface area contributed by atoms with Gasteiger partial charge < -0.3 is 14.6 Å². The first-order chi connectivity index (χ1) is 8.33. The predicted molar refractivity (Wildman–Crippen MR) is 67.2 cm³/mol. The van der Waals surface area contributed by atoms with Crippen molar-refractivity contribution in [2.24, 2.45) is 0 Å². The van der Waals surface area contributed by atoms with E-state index >= 15 is 0 Å². The number of aryl methyl sites for hydroxylation is 1. The van der Waals surface area contributed by atoms with Crippen molar-refractivity contribution in [1.82, 2.24) is 14.9 Å². The zero-order valence-electron chi connectivity index (χ0n) is 10.2. The summed E-state index contributed by atoms with van der Waals surface area (Å²) in [7, 11) is 1.93. The molecule has 4 nitrogen and oxygen atoms in total. The Morgan fingerprint density at radius 3 is 2.71 bits per heavy atom. The van der Waals surface area contributed by atoms with Gasteiger partial charge in [0.25, 0.3) is 0 Å². The van der Waals surface area contributed by atoms with Crippen LogP contribution >= 0.6 is 0 Å². The van der Waals surface area contributed by atoms with Gasteiger partial charge in [-0.15, -0.1) is 0 Å². The Hall–Kier alpha value is -1.81. The molecular formula is C13H17N3O. The summed E-state index contributed by atoms with van der Waals surface area (Å²) in [5.74, 6) is 0.811. The van der Waals surface area contributed by atoms with Crippen molar-refractivity contribution >= 4 is 0 Å². The minimum Gasteiger partial charge on any atom is -0.426 e. The highest BCUT2D eigenvalue weighted by atomic mass is 16.5. The van der Waals surface area contributed by atoms with Gasteiger partial charge in [-0.1, -0.05) is 12.1 Å². The number of nitrogens with zero attached hydrogens (tertiary/aromatic N) is 2. The van der Waals surface area contributed by atoms with Crippen molar-refractivity contribution in [2.45, 2.75) is 20.0 Å². The van der Waals surface area contributed by atoms with Crippen molar-refractivity contribution in [3.05, 3.63) is 42.2 Å². The maximum Gasteiger partial charge on any atom is 0.301 e. The first-order valence-electron chi connectivity index (χ1n) is 5.76. The van der Waals surface area contributed by atoms with Crippen LogP contribution in [-0.4, -0.2) is 16.6 Å². The molecule has 0 fully saturated rings. The van der Waals surface area contributed by atoms with Crippen LogP contribution in [0.25, 0.3) is 0 Å². The second-order valence-electron chi connectivity index (χ2n) is 3.77. The predicted octanol–water partition coefficient (Wildman–Crippen LogP) is 2.41. The minimum atomic E-state index is 0.633. The topological polar surface area (TPSA) is 39.1 Å².